The summed E-state index contributed by atoms with van der Waals surface area (Å²) in [6.07, 6.45) is -11.7. The first-order valence-corrected chi connectivity index (χ1v) is 16.8. The summed E-state index contributed by atoms with van der Waals surface area (Å²) in [5.41, 5.74) is 0. The molecule has 0 atom stereocenters. The van der Waals surface area contributed by atoms with Crippen molar-refractivity contribution in [2.75, 3.05) is 13.2 Å². The van der Waals surface area contributed by atoms with E-state index < -0.39 is 129 Å². The lowest BCUT2D eigenvalue weighted by Gasteiger charge is -2.36. The van der Waals surface area contributed by atoms with E-state index in [1.807, 2.05) is 0 Å². The maximum absolute atomic E-state index is 14.2. The molecular weight excluding hydrogens is 884 g/mol. The molecule has 0 amide bonds. The van der Waals surface area contributed by atoms with Gasteiger partial charge in [-0.2, -0.15) is 87.1 Å². The third-order valence-electron chi connectivity index (χ3n) is 6.57. The summed E-state index contributed by atoms with van der Waals surface area (Å²) >= 11 is 0. The number of fused-ring (bicyclic) bond motifs is 1. The Morgan fingerprint density at radius 1 is 0.537 bits per heavy atom. The molecule has 54 heavy (non-hydrogen) atoms. The van der Waals surface area contributed by atoms with E-state index in [1.54, 1.807) is 0 Å². The summed E-state index contributed by atoms with van der Waals surface area (Å²) in [6.45, 7) is -7.96. The van der Waals surface area contributed by atoms with Gasteiger partial charge in [-0.3, -0.25) is 8.37 Å². The highest BCUT2D eigenvalue weighted by Crippen LogP contribution is 2.56. The Hall–Kier alpha value is -2.97. The van der Waals surface area contributed by atoms with E-state index >= 15 is 0 Å². The molecule has 0 spiro atoms. The molecule has 0 bridgehead atoms. The highest BCUT2D eigenvalue weighted by atomic mass is 32.2. The first-order valence-electron chi connectivity index (χ1n) is 12.5. The smallest absolute Gasteiger partial charge is 0.384 e. The molecule has 0 aliphatic carbocycles. The van der Waals surface area contributed by atoms with E-state index in [0.29, 0.717) is 12.1 Å². The summed E-state index contributed by atoms with van der Waals surface area (Å²) in [5, 5.41) is -2.68. The lowest BCUT2D eigenvalue weighted by Crippen LogP contribution is -2.65. The van der Waals surface area contributed by atoms with Gasteiger partial charge in [0.2, 0.25) is 0 Å². The van der Waals surface area contributed by atoms with E-state index in [1.165, 1.54) is 0 Å². The number of alkyl halides is 20. The van der Waals surface area contributed by atoms with Gasteiger partial charge in [0.25, 0.3) is 20.2 Å². The normalized spacial score (nSPS) is 15.5. The fraction of sp³-hybridized carbons (Fsp3) is 0.545. The van der Waals surface area contributed by atoms with Crippen molar-refractivity contribution in [2.45, 2.75) is 74.9 Å². The molecule has 9 nitrogen and oxygen atoms in total. The average molecular weight is 895 g/mol. The average Bonchev–Trinajstić information content (AvgIpc) is 3.00. The van der Waals surface area contributed by atoms with E-state index in [2.05, 4.69) is 8.37 Å². The van der Waals surface area contributed by atoms with E-state index in [4.69, 9.17) is 0 Å². The first kappa shape index (κ1) is 47.2. The highest BCUT2D eigenvalue weighted by molar-refractivity contribution is 7.91. The van der Waals surface area contributed by atoms with Crippen LogP contribution in [0.4, 0.5) is 87.8 Å². The number of benzene rings is 2. The zero-order valence-electron chi connectivity index (χ0n) is 24.4. The van der Waals surface area contributed by atoms with Crippen molar-refractivity contribution in [3.63, 3.8) is 0 Å². The van der Waals surface area contributed by atoms with Crippen LogP contribution in [-0.2, 0) is 38.7 Å². The molecule has 2 rings (SSSR count). The topological polar surface area (TPSA) is 144 Å². The van der Waals surface area contributed by atoms with Crippen LogP contribution in [-0.4, -0.2) is 103 Å². The molecule has 0 unspecified atom stereocenters. The van der Waals surface area contributed by atoms with Crippen LogP contribution in [0, 0.1) is 0 Å². The second kappa shape index (κ2) is 13.9. The van der Waals surface area contributed by atoms with Gasteiger partial charge >= 0.3 is 60.2 Å². The Morgan fingerprint density at radius 2 is 0.870 bits per heavy atom. The minimum Gasteiger partial charge on any atom is -0.744 e. The van der Waals surface area contributed by atoms with E-state index in [-0.39, 0.29) is 12.1 Å². The van der Waals surface area contributed by atoms with Gasteiger partial charge in [-0.1, -0.05) is 24.3 Å². The van der Waals surface area contributed by atoms with E-state index in [9.17, 15) is 118 Å². The molecule has 0 saturated heterocycles. The summed E-state index contributed by atoms with van der Waals surface area (Å²) in [4.78, 5) is -8.51. The molecule has 0 radical (unpaired) electrons. The van der Waals surface area contributed by atoms with Gasteiger partial charge in [0.1, 0.15) is 33.1 Å². The zero-order chi connectivity index (χ0) is 42.9. The molecule has 32 heteroatoms. The van der Waals surface area contributed by atoms with Crippen LogP contribution >= 0.6 is 0 Å². The van der Waals surface area contributed by atoms with Crippen molar-refractivity contribution >= 4 is 41.1 Å². The number of hydrogen-bond donors (Lipinski definition) is 0. The Kier molecular flexibility index (Phi) is 12.1. The van der Waals surface area contributed by atoms with Gasteiger partial charge in [-0.25, -0.2) is 26.0 Å². The van der Waals surface area contributed by atoms with Crippen LogP contribution in [0.25, 0.3) is 10.8 Å². The van der Waals surface area contributed by atoms with Gasteiger partial charge in [-0.05, 0) is 11.5 Å². The van der Waals surface area contributed by atoms with Crippen LogP contribution in [0.15, 0.2) is 45.0 Å². The van der Waals surface area contributed by atoms with Crippen molar-refractivity contribution in [1.82, 2.24) is 0 Å². The third kappa shape index (κ3) is 7.60. The van der Waals surface area contributed by atoms with Crippen molar-refractivity contribution in [1.29, 1.82) is 0 Å². The fourth-order valence-electron chi connectivity index (χ4n) is 3.70. The molecule has 0 heterocycles. The molecule has 0 fully saturated rings. The molecule has 0 aromatic heterocycles. The molecule has 312 valence electrons. The Morgan fingerprint density at radius 3 is 1.20 bits per heavy atom. The standard InChI is InChI=1S/C22H12F20O9S3/c23-13(24)17(31,32)21(39,40)19(35,36)15(27,28)6-50-53(46,47)11-9-4-2-1-3-8(9)5-10(52(43,44)45)12(11)54(48,49)51-7-16(29,30)20(37,38)22(41,42)18(33,34)14(25)26/h1-5,13-14H,6-7H2,(H,43,44,45)/p-1. The molecule has 0 N–H and O–H groups in total. The van der Waals surface area contributed by atoms with Crippen molar-refractivity contribution < 1.29 is 126 Å². The summed E-state index contributed by atoms with van der Waals surface area (Å²) < 4.78 is 363. The van der Waals surface area contributed by atoms with Gasteiger partial charge in [0.15, 0.2) is 0 Å². The minimum atomic E-state index is -7.83. The highest BCUT2D eigenvalue weighted by Gasteiger charge is 2.84. The van der Waals surface area contributed by atoms with Crippen LogP contribution in [0.2, 0.25) is 0 Å². The van der Waals surface area contributed by atoms with Crippen molar-refractivity contribution in [3.05, 3.63) is 30.3 Å². The first-order chi connectivity index (χ1) is 23.6. The molecule has 0 aliphatic heterocycles. The van der Waals surface area contributed by atoms with Crippen LogP contribution in [0.3, 0.4) is 0 Å². The predicted molar refractivity (Wildman–Crippen MR) is 130 cm³/mol. The molecule has 0 aliphatic rings. The Bertz CT molecular complexity index is 2070. The minimum absolute atomic E-state index is 0.200. The summed E-state index contributed by atoms with van der Waals surface area (Å²) in [7, 11) is -21.1. The van der Waals surface area contributed by atoms with Crippen LogP contribution < -0.4 is 0 Å². The fourth-order valence-corrected chi connectivity index (χ4v) is 7.86. The summed E-state index contributed by atoms with van der Waals surface area (Å²) in [6, 6.07) is 1.65. The van der Waals surface area contributed by atoms with Crippen molar-refractivity contribution in [3.8, 4) is 0 Å². The number of halogens is 20. The van der Waals surface area contributed by atoms with Gasteiger partial charge < -0.3 is 4.55 Å². The van der Waals surface area contributed by atoms with Gasteiger partial charge in [0, 0.05) is 5.39 Å². The van der Waals surface area contributed by atoms with Crippen molar-refractivity contribution in [2.24, 2.45) is 0 Å². The second-order valence-corrected chi connectivity index (χ2v) is 14.6. The molecular formula is C22H11F20O9S3-. The monoisotopic (exact) mass is 895 g/mol. The number of hydrogen-bond acceptors (Lipinski definition) is 9. The van der Waals surface area contributed by atoms with Crippen LogP contribution in [0.5, 0.6) is 0 Å². The Balaban J connectivity index is 2.88. The largest absolute Gasteiger partial charge is 0.744 e. The second-order valence-electron chi connectivity index (χ2n) is 10.2. The quantitative estimate of drug-likeness (QED) is 0.0956. The Labute approximate surface area is 285 Å². The SMILES string of the molecule is O=S(=O)([O-])c1cc2ccccc2c(S(=O)(=O)OCC(F)(F)C(F)(F)C(F)(F)C(F)(F)C(F)F)c1S(=O)(=O)OCC(F)(F)C(F)(F)C(F)(F)C(F)(F)C(F)F. The predicted octanol–water partition coefficient (Wildman–Crippen LogP) is 6.77. The van der Waals surface area contributed by atoms with E-state index in [0.717, 1.165) is 6.07 Å². The molecule has 2 aromatic carbocycles. The molecule has 2 aromatic rings. The van der Waals surface area contributed by atoms with Gasteiger partial charge in [-0.15, -0.1) is 0 Å². The molecule has 0 saturated carbocycles. The maximum Gasteiger partial charge on any atom is 0.384 e. The zero-order valence-corrected chi connectivity index (χ0v) is 26.9. The van der Waals surface area contributed by atoms with Gasteiger partial charge in [0.05, 0.1) is 4.90 Å². The lowest BCUT2D eigenvalue weighted by atomic mass is 9.99. The lowest BCUT2D eigenvalue weighted by molar-refractivity contribution is -0.385. The third-order valence-corrected chi connectivity index (χ3v) is 10.4. The van der Waals surface area contributed by atoms with Crippen LogP contribution in [0.1, 0.15) is 0 Å². The maximum atomic E-state index is 14.2. The number of rotatable bonds is 17. The summed E-state index contributed by atoms with van der Waals surface area (Å²) in [5.74, 6) is -60.1.